The van der Waals surface area contributed by atoms with Crippen molar-refractivity contribution in [2.24, 2.45) is 0 Å². The summed E-state index contributed by atoms with van der Waals surface area (Å²) in [7, 11) is 0. The zero-order chi connectivity index (χ0) is 15.8. The van der Waals surface area contributed by atoms with Crippen LogP contribution < -0.4 is 11.2 Å². The smallest absolute Gasteiger partial charge is 0.330 e. The van der Waals surface area contributed by atoms with Gasteiger partial charge in [-0.05, 0) is 0 Å². The van der Waals surface area contributed by atoms with E-state index in [1.165, 1.54) is 0 Å². The van der Waals surface area contributed by atoms with E-state index in [4.69, 9.17) is 4.74 Å². The Bertz CT molecular complexity index is 639. The molecule has 1 fully saturated rings. The van der Waals surface area contributed by atoms with E-state index in [9.17, 15) is 30.0 Å². The third kappa shape index (κ3) is 2.45. The molecule has 1 aliphatic heterocycles. The second kappa shape index (κ2) is 5.54. The number of aliphatic hydroxyl groups is 4. The molecule has 0 amide bonds. The summed E-state index contributed by atoms with van der Waals surface area (Å²) >= 11 is 0. The highest BCUT2D eigenvalue weighted by Gasteiger charge is 2.52. The molecule has 0 spiro atoms. The summed E-state index contributed by atoms with van der Waals surface area (Å²) in [6.07, 6.45) is -4.24. The Morgan fingerprint density at radius 1 is 1.38 bits per heavy atom. The fourth-order valence-corrected chi connectivity index (χ4v) is 2.22. The summed E-state index contributed by atoms with van der Waals surface area (Å²) in [4.78, 5) is 24.8. The molecule has 5 N–H and O–H groups in total. The van der Waals surface area contributed by atoms with Crippen LogP contribution in [0.2, 0.25) is 0 Å². The standard InChI is InChI=1S/C12H16N2O7/c1-2-12(5-15)9(19)7(17)8(18)10(21-12)14-4-3-6(16)13-11(14)20/h2-4,7-10,15,17-19H,1,5H2,(H,13,16,20)/t7-,8-,9+,10-,12-/m1/s1. The predicted octanol–water partition coefficient (Wildman–Crippen LogP) is -2.93. The van der Waals surface area contributed by atoms with Gasteiger partial charge in [-0.2, -0.15) is 0 Å². The highest BCUT2D eigenvalue weighted by molar-refractivity contribution is 5.10. The second-order valence-corrected chi connectivity index (χ2v) is 4.77. The lowest BCUT2D eigenvalue weighted by molar-refractivity contribution is -0.281. The molecule has 1 aromatic rings. The second-order valence-electron chi connectivity index (χ2n) is 4.77. The van der Waals surface area contributed by atoms with Crippen LogP contribution in [0.5, 0.6) is 0 Å². The summed E-state index contributed by atoms with van der Waals surface area (Å²) in [6.45, 7) is 2.69. The number of hydrogen-bond donors (Lipinski definition) is 5. The van der Waals surface area contributed by atoms with Crippen molar-refractivity contribution in [3.8, 4) is 0 Å². The van der Waals surface area contributed by atoms with Gasteiger partial charge in [0.25, 0.3) is 5.56 Å². The maximum Gasteiger partial charge on any atom is 0.330 e. The van der Waals surface area contributed by atoms with Gasteiger partial charge in [0.05, 0.1) is 6.61 Å². The number of nitrogens with one attached hydrogen (secondary N) is 1. The highest BCUT2D eigenvalue weighted by Crippen LogP contribution is 2.35. The average Bonchev–Trinajstić information content (AvgIpc) is 2.47. The van der Waals surface area contributed by atoms with Gasteiger partial charge >= 0.3 is 5.69 Å². The Kier molecular flexibility index (Phi) is 4.12. The molecule has 0 saturated carbocycles. The molecule has 0 aromatic carbocycles. The number of rotatable bonds is 3. The van der Waals surface area contributed by atoms with Gasteiger partial charge in [-0.3, -0.25) is 14.3 Å². The van der Waals surface area contributed by atoms with E-state index < -0.39 is 48.0 Å². The molecule has 2 heterocycles. The highest BCUT2D eigenvalue weighted by atomic mass is 16.6. The molecule has 1 aliphatic rings. The Morgan fingerprint density at radius 3 is 2.57 bits per heavy atom. The molecule has 5 atom stereocenters. The minimum atomic E-state index is -1.75. The average molecular weight is 300 g/mol. The van der Waals surface area contributed by atoms with E-state index in [0.717, 1.165) is 22.9 Å². The van der Waals surface area contributed by atoms with Crippen LogP contribution in [-0.4, -0.2) is 60.5 Å². The van der Waals surface area contributed by atoms with E-state index in [0.29, 0.717) is 0 Å². The number of aliphatic hydroxyl groups excluding tert-OH is 4. The van der Waals surface area contributed by atoms with E-state index in [2.05, 4.69) is 6.58 Å². The number of H-pyrrole nitrogens is 1. The van der Waals surface area contributed by atoms with E-state index in [1.54, 1.807) is 0 Å². The van der Waals surface area contributed by atoms with Crippen LogP contribution in [0, 0.1) is 0 Å². The van der Waals surface area contributed by atoms with Crippen LogP contribution >= 0.6 is 0 Å². The van der Waals surface area contributed by atoms with Gasteiger partial charge in [-0.25, -0.2) is 4.79 Å². The van der Waals surface area contributed by atoms with Gasteiger partial charge in [0, 0.05) is 12.3 Å². The van der Waals surface area contributed by atoms with Crippen molar-refractivity contribution in [3.63, 3.8) is 0 Å². The number of nitrogens with zero attached hydrogens (tertiary/aromatic N) is 1. The Labute approximate surface area is 118 Å². The molecule has 9 heteroatoms. The molecule has 1 saturated heterocycles. The SMILES string of the molecule is C=C[C@]1(CO)O[C@@H](n2ccc(=O)[nH]c2=O)[C@H](O)[C@@H](O)[C@@H]1O. The van der Waals surface area contributed by atoms with E-state index in [-0.39, 0.29) is 0 Å². The third-order valence-electron chi connectivity index (χ3n) is 3.52. The molecule has 0 bridgehead atoms. The molecule has 0 unspecified atom stereocenters. The summed E-state index contributed by atoms with van der Waals surface area (Å²) in [6, 6.07) is 1.03. The molecule has 116 valence electrons. The molecule has 0 aliphatic carbocycles. The summed E-state index contributed by atoms with van der Waals surface area (Å²) in [5.41, 5.74) is -3.26. The normalized spacial score (nSPS) is 36.4. The molecular weight excluding hydrogens is 284 g/mol. The Morgan fingerprint density at radius 2 is 2.05 bits per heavy atom. The zero-order valence-corrected chi connectivity index (χ0v) is 10.9. The minimum Gasteiger partial charge on any atom is -0.393 e. The van der Waals surface area contributed by atoms with Crippen molar-refractivity contribution in [1.29, 1.82) is 0 Å². The molecular formula is C12H16N2O7. The number of ether oxygens (including phenoxy) is 1. The van der Waals surface area contributed by atoms with Gasteiger partial charge in [-0.1, -0.05) is 6.08 Å². The van der Waals surface area contributed by atoms with Crippen LogP contribution in [0.3, 0.4) is 0 Å². The lowest BCUT2D eigenvalue weighted by Crippen LogP contribution is -2.64. The number of aromatic amines is 1. The maximum atomic E-state index is 11.7. The first-order chi connectivity index (χ1) is 9.86. The van der Waals surface area contributed by atoms with Crippen molar-refractivity contribution in [2.75, 3.05) is 6.61 Å². The molecule has 0 radical (unpaired) electrons. The minimum absolute atomic E-state index is 0.640. The van der Waals surface area contributed by atoms with Gasteiger partial charge in [0.2, 0.25) is 0 Å². The lowest BCUT2D eigenvalue weighted by atomic mass is 9.87. The van der Waals surface area contributed by atoms with Gasteiger partial charge < -0.3 is 25.2 Å². The first-order valence-electron chi connectivity index (χ1n) is 6.14. The van der Waals surface area contributed by atoms with Crippen molar-refractivity contribution in [2.45, 2.75) is 30.1 Å². The van der Waals surface area contributed by atoms with Crippen LogP contribution in [0.25, 0.3) is 0 Å². The number of hydrogen-bond acceptors (Lipinski definition) is 7. The van der Waals surface area contributed by atoms with Crippen LogP contribution in [0.4, 0.5) is 0 Å². The Balaban J connectivity index is 2.50. The summed E-state index contributed by atoms with van der Waals surface area (Å²) in [5, 5.41) is 39.2. The largest absolute Gasteiger partial charge is 0.393 e. The topological polar surface area (TPSA) is 145 Å². The monoisotopic (exact) mass is 300 g/mol. The molecule has 1 aromatic heterocycles. The van der Waals surface area contributed by atoms with Crippen molar-refractivity contribution in [3.05, 3.63) is 45.8 Å². The zero-order valence-electron chi connectivity index (χ0n) is 10.9. The molecule has 2 rings (SSSR count). The van der Waals surface area contributed by atoms with Crippen LogP contribution in [-0.2, 0) is 4.74 Å². The van der Waals surface area contributed by atoms with Crippen LogP contribution in [0.1, 0.15) is 6.23 Å². The van der Waals surface area contributed by atoms with Crippen molar-refractivity contribution in [1.82, 2.24) is 9.55 Å². The molecule has 9 nitrogen and oxygen atoms in total. The van der Waals surface area contributed by atoms with Crippen molar-refractivity contribution < 1.29 is 25.2 Å². The van der Waals surface area contributed by atoms with Crippen LogP contribution in [0.15, 0.2) is 34.5 Å². The quantitative estimate of drug-likeness (QED) is 0.376. The third-order valence-corrected chi connectivity index (χ3v) is 3.52. The fourth-order valence-electron chi connectivity index (χ4n) is 2.22. The maximum absolute atomic E-state index is 11.7. The van der Waals surface area contributed by atoms with E-state index >= 15 is 0 Å². The first-order valence-corrected chi connectivity index (χ1v) is 6.14. The molecule has 21 heavy (non-hydrogen) atoms. The lowest BCUT2D eigenvalue weighted by Gasteiger charge is -2.46. The summed E-state index contributed by atoms with van der Waals surface area (Å²) in [5.74, 6) is 0. The Hall–Kier alpha value is -1.78. The van der Waals surface area contributed by atoms with Crippen molar-refractivity contribution >= 4 is 0 Å². The van der Waals surface area contributed by atoms with Gasteiger partial charge in [0.15, 0.2) is 6.23 Å². The number of aromatic nitrogens is 2. The van der Waals surface area contributed by atoms with E-state index in [1.807, 2.05) is 4.98 Å². The summed E-state index contributed by atoms with van der Waals surface area (Å²) < 4.78 is 6.23. The first kappa shape index (κ1) is 15.6. The van der Waals surface area contributed by atoms with Gasteiger partial charge in [0.1, 0.15) is 23.9 Å². The fraction of sp³-hybridized carbons (Fsp3) is 0.500. The predicted molar refractivity (Wildman–Crippen MR) is 69.5 cm³/mol. The van der Waals surface area contributed by atoms with Gasteiger partial charge in [-0.15, -0.1) is 6.58 Å².